The molecule has 3 rings (SSSR count). The van der Waals surface area contributed by atoms with Crippen molar-refractivity contribution in [3.8, 4) is 0 Å². The van der Waals surface area contributed by atoms with Crippen LogP contribution in [0.3, 0.4) is 0 Å². The Morgan fingerprint density at radius 2 is 2.04 bits per heavy atom. The van der Waals surface area contributed by atoms with Gasteiger partial charge in [-0.05, 0) is 49.1 Å². The van der Waals surface area contributed by atoms with Crippen molar-refractivity contribution in [2.45, 2.75) is 55.5 Å². The molecule has 2 atom stereocenters. The number of carboxylic acid groups (broad SMARTS) is 1. The largest absolute Gasteiger partial charge is 0.481 e. The van der Waals surface area contributed by atoms with Gasteiger partial charge in [-0.1, -0.05) is 48.7 Å². The van der Waals surface area contributed by atoms with Gasteiger partial charge in [0, 0.05) is 17.5 Å². The maximum atomic E-state index is 12.9. The second-order valence-corrected chi connectivity index (χ2v) is 9.25. The molecular weight excluding hydrogens is 400 g/mol. The molecule has 0 bridgehead atoms. The quantitative estimate of drug-likeness (QED) is 0.554. The van der Waals surface area contributed by atoms with Crippen molar-refractivity contribution in [3.05, 3.63) is 52.6 Å². The molecule has 0 spiro atoms. The van der Waals surface area contributed by atoms with Gasteiger partial charge in [0.05, 0.1) is 10.9 Å². The number of sulfonamides is 1. The van der Waals surface area contributed by atoms with Gasteiger partial charge in [-0.25, -0.2) is 13.1 Å². The van der Waals surface area contributed by atoms with Crippen LogP contribution in [0.4, 0.5) is 0 Å². The molecule has 3 N–H and O–H groups in total. The molecule has 28 heavy (non-hydrogen) atoms. The maximum Gasteiger partial charge on any atom is 0.303 e. The lowest BCUT2D eigenvalue weighted by Crippen LogP contribution is -2.37. The molecule has 0 amide bonds. The van der Waals surface area contributed by atoms with Crippen LogP contribution in [0.2, 0.25) is 5.02 Å². The topological polar surface area (TPSA) is 95.5 Å². The Bertz CT molecular complexity index is 895. The van der Waals surface area contributed by atoms with Gasteiger partial charge in [-0.15, -0.1) is 0 Å². The molecule has 1 heterocycles. The van der Waals surface area contributed by atoms with E-state index in [1.807, 2.05) is 18.2 Å². The van der Waals surface area contributed by atoms with E-state index >= 15 is 0 Å². The molecule has 2 unspecified atom stereocenters. The third-order valence-electron chi connectivity index (χ3n) is 5.07. The summed E-state index contributed by atoms with van der Waals surface area (Å²) in [7, 11) is -3.66. The molecule has 0 aromatic heterocycles. The molecule has 1 aromatic rings. The van der Waals surface area contributed by atoms with E-state index in [1.54, 1.807) is 12.1 Å². The lowest BCUT2D eigenvalue weighted by molar-refractivity contribution is -0.137. The number of aliphatic carboxylic acids is 1. The van der Waals surface area contributed by atoms with Gasteiger partial charge in [-0.3, -0.25) is 4.79 Å². The Morgan fingerprint density at radius 3 is 2.82 bits per heavy atom. The number of carbonyl (C=O) groups is 1. The smallest absolute Gasteiger partial charge is 0.303 e. The summed E-state index contributed by atoms with van der Waals surface area (Å²) in [4.78, 5) is 10.8. The third kappa shape index (κ3) is 5.03. The highest BCUT2D eigenvalue weighted by molar-refractivity contribution is 7.89. The normalized spacial score (nSPS) is 22.7. The molecule has 152 valence electrons. The Morgan fingerprint density at radius 1 is 1.25 bits per heavy atom. The van der Waals surface area contributed by atoms with Gasteiger partial charge in [0.1, 0.15) is 0 Å². The third-order valence-corrected chi connectivity index (χ3v) is 6.83. The van der Waals surface area contributed by atoms with Crippen molar-refractivity contribution < 1.29 is 18.3 Å². The van der Waals surface area contributed by atoms with Crippen LogP contribution in [0.5, 0.6) is 0 Å². The average Bonchev–Trinajstić information content (AvgIpc) is 2.73. The van der Waals surface area contributed by atoms with E-state index in [0.717, 1.165) is 24.8 Å². The van der Waals surface area contributed by atoms with Crippen LogP contribution in [-0.4, -0.2) is 32.1 Å². The first kappa shape index (κ1) is 21.0. The van der Waals surface area contributed by atoms with Crippen LogP contribution in [-0.2, 0) is 14.8 Å². The second-order valence-electron chi connectivity index (χ2n) is 7.13. The lowest BCUT2D eigenvalue weighted by atomic mass is 9.89. The molecule has 1 aliphatic carbocycles. The Labute approximate surface area is 170 Å². The average molecular weight is 425 g/mol. The molecule has 2 aliphatic rings. The van der Waals surface area contributed by atoms with Gasteiger partial charge in [0.15, 0.2) is 0 Å². The summed E-state index contributed by atoms with van der Waals surface area (Å²) < 4.78 is 28.5. The fourth-order valence-electron chi connectivity index (χ4n) is 3.70. The summed E-state index contributed by atoms with van der Waals surface area (Å²) in [6.45, 7) is 0.716. The number of carboxylic acids is 1. The number of hydrogen-bond donors (Lipinski definition) is 3. The molecule has 8 heteroatoms. The van der Waals surface area contributed by atoms with Crippen molar-refractivity contribution in [2.24, 2.45) is 0 Å². The van der Waals surface area contributed by atoms with Crippen molar-refractivity contribution in [3.63, 3.8) is 0 Å². The van der Waals surface area contributed by atoms with Crippen molar-refractivity contribution in [1.82, 2.24) is 10.0 Å². The molecule has 0 saturated heterocycles. The molecule has 1 aromatic carbocycles. The van der Waals surface area contributed by atoms with E-state index in [0.29, 0.717) is 30.0 Å². The van der Waals surface area contributed by atoms with Gasteiger partial charge < -0.3 is 10.4 Å². The lowest BCUT2D eigenvalue weighted by Gasteiger charge is -2.27. The van der Waals surface area contributed by atoms with Gasteiger partial charge >= 0.3 is 5.97 Å². The highest BCUT2D eigenvalue weighted by Crippen LogP contribution is 2.37. The summed E-state index contributed by atoms with van der Waals surface area (Å²) in [5, 5.41) is 12.6. The monoisotopic (exact) mass is 424 g/mol. The van der Waals surface area contributed by atoms with Crippen LogP contribution in [0.1, 0.15) is 50.1 Å². The number of halogens is 1. The Kier molecular flexibility index (Phi) is 6.93. The predicted octanol–water partition coefficient (Wildman–Crippen LogP) is 3.55. The van der Waals surface area contributed by atoms with Gasteiger partial charge in [-0.2, -0.15) is 0 Å². The van der Waals surface area contributed by atoms with E-state index in [4.69, 9.17) is 16.7 Å². The number of allylic oxidation sites excluding steroid dienone is 2. The number of nitrogens with one attached hydrogen (secondary N) is 2. The summed E-state index contributed by atoms with van der Waals surface area (Å²) in [5.74, 6) is -0.760. The van der Waals surface area contributed by atoms with E-state index < -0.39 is 16.0 Å². The highest BCUT2D eigenvalue weighted by Gasteiger charge is 2.36. The predicted molar refractivity (Wildman–Crippen MR) is 109 cm³/mol. The number of benzene rings is 1. The number of unbranched alkanes of at least 4 members (excludes halogenated alkanes) is 3. The van der Waals surface area contributed by atoms with Crippen LogP contribution in [0.15, 0.2) is 46.9 Å². The van der Waals surface area contributed by atoms with Gasteiger partial charge in [0.2, 0.25) is 10.0 Å². The van der Waals surface area contributed by atoms with Crippen molar-refractivity contribution in [2.75, 3.05) is 6.54 Å². The molecule has 1 aliphatic heterocycles. The van der Waals surface area contributed by atoms with Crippen molar-refractivity contribution >= 4 is 27.6 Å². The van der Waals surface area contributed by atoms with E-state index in [2.05, 4.69) is 10.0 Å². The first-order chi connectivity index (χ1) is 13.4. The second kappa shape index (κ2) is 9.22. The van der Waals surface area contributed by atoms with Crippen LogP contribution in [0, 0.1) is 0 Å². The van der Waals surface area contributed by atoms with Crippen LogP contribution >= 0.6 is 11.6 Å². The van der Waals surface area contributed by atoms with E-state index in [-0.39, 0.29) is 23.4 Å². The maximum absolute atomic E-state index is 12.9. The SMILES string of the molecule is O=C(O)CCCCCCNC1C2=CC=CCC2NS(=O)(=O)c2cc(Cl)ccc21. The molecule has 0 saturated carbocycles. The zero-order valence-electron chi connectivity index (χ0n) is 15.5. The minimum atomic E-state index is -3.66. The first-order valence-electron chi connectivity index (χ1n) is 9.52. The fourth-order valence-corrected chi connectivity index (χ4v) is 5.45. The Balaban J connectivity index is 1.76. The first-order valence-corrected chi connectivity index (χ1v) is 11.4. The number of hydrogen-bond acceptors (Lipinski definition) is 4. The molecule has 0 fully saturated rings. The zero-order chi connectivity index (χ0) is 20.1. The minimum Gasteiger partial charge on any atom is -0.481 e. The zero-order valence-corrected chi connectivity index (χ0v) is 17.1. The molecular formula is C20H25ClN2O4S. The van der Waals surface area contributed by atoms with Crippen molar-refractivity contribution in [1.29, 1.82) is 0 Å². The Hall–Kier alpha value is -1.67. The molecule has 0 radical (unpaired) electrons. The standard InChI is InChI=1S/C20H25ClN2O4S/c21-14-10-11-16-18(13-14)28(26,27)23-17-8-5-4-7-15(17)20(16)22-12-6-2-1-3-9-19(24)25/h4-5,7,10-11,13,17,20,22-23H,1-3,6,8-9,12H2,(H,24,25). The van der Waals surface area contributed by atoms with E-state index in [1.165, 1.54) is 6.07 Å². The van der Waals surface area contributed by atoms with Crippen LogP contribution < -0.4 is 10.0 Å². The minimum absolute atomic E-state index is 0.203. The number of fused-ring (bicyclic) bond motifs is 2. The summed E-state index contributed by atoms with van der Waals surface area (Å²) in [6.07, 6.45) is 10.1. The van der Waals surface area contributed by atoms with E-state index in [9.17, 15) is 13.2 Å². The molecule has 6 nitrogen and oxygen atoms in total. The van der Waals surface area contributed by atoms with Crippen LogP contribution in [0.25, 0.3) is 0 Å². The summed E-state index contributed by atoms with van der Waals surface area (Å²) >= 11 is 6.07. The van der Waals surface area contributed by atoms with Gasteiger partial charge in [0.25, 0.3) is 0 Å². The fraction of sp³-hybridized carbons (Fsp3) is 0.450. The summed E-state index contributed by atoms with van der Waals surface area (Å²) in [6, 6.07) is 4.50. The summed E-state index contributed by atoms with van der Waals surface area (Å²) in [5.41, 5.74) is 1.70. The highest BCUT2D eigenvalue weighted by atomic mass is 35.5. The number of rotatable bonds is 8.